The fourth-order valence-corrected chi connectivity index (χ4v) is 10.5. The van der Waals surface area contributed by atoms with Crippen LogP contribution in [0.1, 0.15) is 52.7 Å². The van der Waals surface area contributed by atoms with Crippen molar-refractivity contribution in [2.24, 2.45) is 0 Å². The molecule has 5 heteroatoms. The molecule has 0 amide bonds. The van der Waals surface area contributed by atoms with Crippen molar-refractivity contribution in [3.63, 3.8) is 0 Å². The molecule has 6 aromatic rings. The number of hydrogen-bond acceptors (Lipinski definition) is 2. The summed E-state index contributed by atoms with van der Waals surface area (Å²) in [5.74, 6) is 4.96. The average Bonchev–Trinajstić information content (AvgIpc) is 3.64. The molecule has 0 N–H and O–H groups in total. The minimum atomic E-state index is -2.50. The fraction of sp³-hybridized carbons (Fsp3) is 0.294. The van der Waals surface area contributed by atoms with Crippen LogP contribution in [0, 0.1) is 0 Å². The average molecular weight is 579 g/mol. The first-order chi connectivity index (χ1) is 18.4. The standard InChI is InChI=1S/C34H38GeN2O2/c1-33(2,3)27-21-36(29-17-19-38-31(27)29)25-13-9-23(10-14-25)35(7,8)24-11-15-26(16-12-24)37-22-28(34(4,5)6)32-30(37)18-20-39-32/h9-22H,1-8H3. The van der Waals surface area contributed by atoms with Crippen molar-refractivity contribution in [1.82, 2.24) is 9.13 Å². The molecule has 0 spiro atoms. The Morgan fingerprint density at radius 3 is 1.23 bits per heavy atom. The molecule has 4 nitrogen and oxygen atoms in total. The molecule has 0 bridgehead atoms. The topological polar surface area (TPSA) is 36.1 Å². The van der Waals surface area contributed by atoms with Crippen molar-refractivity contribution in [3.05, 3.63) is 96.7 Å². The molecule has 4 heterocycles. The first-order valence-corrected chi connectivity index (χ1v) is 20.0. The van der Waals surface area contributed by atoms with Gasteiger partial charge in [-0.1, -0.05) is 0 Å². The molecule has 0 aliphatic rings. The van der Waals surface area contributed by atoms with E-state index in [1.807, 2.05) is 0 Å². The molecule has 0 radical (unpaired) electrons. The maximum atomic E-state index is 5.87. The van der Waals surface area contributed by atoms with Gasteiger partial charge in [-0.25, -0.2) is 0 Å². The van der Waals surface area contributed by atoms with E-state index in [2.05, 4.69) is 135 Å². The number of hydrogen-bond donors (Lipinski definition) is 0. The van der Waals surface area contributed by atoms with Crippen LogP contribution in [0.2, 0.25) is 11.5 Å². The number of nitrogens with zero attached hydrogens (tertiary/aromatic N) is 2. The SMILES string of the molecule is CC(C)(C)c1cn(-c2cc[c]([Ge]([CH3])([CH3])[c]3ccc(-n4cc(C(C)(C)C)c5occc54)cc3)cc2)c2ccoc12. The maximum absolute atomic E-state index is 5.87. The predicted octanol–water partition coefficient (Wildman–Crippen LogP) is 8.18. The summed E-state index contributed by atoms with van der Waals surface area (Å²) in [5, 5.41) is 0. The van der Waals surface area contributed by atoms with Crippen LogP contribution < -0.4 is 8.79 Å². The summed E-state index contributed by atoms with van der Waals surface area (Å²) in [6, 6.07) is 22.5. The number of benzene rings is 2. The van der Waals surface area contributed by atoms with Crippen LogP contribution in [0.15, 0.2) is 94.4 Å². The second-order valence-corrected chi connectivity index (χ2v) is 22.6. The van der Waals surface area contributed by atoms with Gasteiger partial charge in [0.05, 0.1) is 0 Å². The van der Waals surface area contributed by atoms with Gasteiger partial charge < -0.3 is 0 Å². The second-order valence-electron chi connectivity index (χ2n) is 13.3. The number of fused-ring (bicyclic) bond motifs is 2. The molecule has 0 unspecified atom stereocenters. The molecule has 0 atom stereocenters. The molecule has 0 aliphatic heterocycles. The summed E-state index contributed by atoms with van der Waals surface area (Å²) in [6.07, 6.45) is 8.06. The van der Waals surface area contributed by atoms with Gasteiger partial charge in [-0.05, 0) is 0 Å². The first kappa shape index (κ1) is 25.9. The van der Waals surface area contributed by atoms with Crippen molar-refractivity contribution in [3.8, 4) is 11.4 Å². The van der Waals surface area contributed by atoms with Crippen LogP contribution >= 0.6 is 0 Å². The third kappa shape index (κ3) is 4.30. The van der Waals surface area contributed by atoms with Crippen molar-refractivity contribution in [1.29, 1.82) is 0 Å². The van der Waals surface area contributed by atoms with Gasteiger partial charge in [0.2, 0.25) is 0 Å². The van der Waals surface area contributed by atoms with Crippen LogP contribution in [0.25, 0.3) is 33.6 Å². The monoisotopic (exact) mass is 580 g/mol. The van der Waals surface area contributed by atoms with E-state index in [9.17, 15) is 0 Å². The third-order valence-corrected chi connectivity index (χ3v) is 15.6. The van der Waals surface area contributed by atoms with Crippen LogP contribution in [0.4, 0.5) is 0 Å². The van der Waals surface area contributed by atoms with Gasteiger partial charge in [-0.2, -0.15) is 0 Å². The summed E-state index contributed by atoms with van der Waals surface area (Å²) in [4.78, 5) is 0. The zero-order chi connectivity index (χ0) is 27.7. The Morgan fingerprint density at radius 1 is 0.538 bits per heavy atom. The van der Waals surface area contributed by atoms with Crippen LogP contribution in [0.5, 0.6) is 0 Å². The third-order valence-electron chi connectivity index (χ3n) is 8.16. The zero-order valence-corrected chi connectivity index (χ0v) is 26.4. The van der Waals surface area contributed by atoms with Crippen molar-refractivity contribution >= 4 is 44.3 Å². The van der Waals surface area contributed by atoms with Crippen LogP contribution in [-0.2, 0) is 10.8 Å². The van der Waals surface area contributed by atoms with Crippen molar-refractivity contribution in [2.75, 3.05) is 0 Å². The first-order valence-electron chi connectivity index (χ1n) is 13.8. The van der Waals surface area contributed by atoms with E-state index in [1.165, 1.54) is 31.3 Å². The molecule has 6 rings (SSSR count). The summed E-state index contributed by atoms with van der Waals surface area (Å²) in [7, 11) is 0. The Hall–Kier alpha value is -3.38. The minimum absolute atomic E-state index is 0.0170. The van der Waals surface area contributed by atoms with Crippen LogP contribution in [-0.4, -0.2) is 22.4 Å². The molecule has 200 valence electrons. The molecule has 39 heavy (non-hydrogen) atoms. The van der Waals surface area contributed by atoms with E-state index in [-0.39, 0.29) is 10.8 Å². The molecule has 2 aromatic carbocycles. The Labute approximate surface area is 233 Å². The van der Waals surface area contributed by atoms with Gasteiger partial charge in [0.25, 0.3) is 0 Å². The van der Waals surface area contributed by atoms with Crippen molar-refractivity contribution < 1.29 is 8.83 Å². The second kappa shape index (κ2) is 8.82. The van der Waals surface area contributed by atoms with Gasteiger partial charge in [-0.15, -0.1) is 0 Å². The zero-order valence-electron chi connectivity index (χ0n) is 24.3. The molecule has 0 aliphatic carbocycles. The van der Waals surface area contributed by atoms with E-state index in [1.54, 1.807) is 12.5 Å². The van der Waals surface area contributed by atoms with E-state index in [0.717, 1.165) is 22.2 Å². The summed E-state index contributed by atoms with van der Waals surface area (Å²) < 4.78 is 19.2. The van der Waals surface area contributed by atoms with E-state index >= 15 is 0 Å². The van der Waals surface area contributed by atoms with E-state index in [0.29, 0.717) is 0 Å². The molecule has 0 saturated heterocycles. The molecular weight excluding hydrogens is 541 g/mol. The van der Waals surface area contributed by atoms with Gasteiger partial charge in [0.1, 0.15) is 0 Å². The summed E-state index contributed by atoms with van der Waals surface area (Å²) in [5.41, 5.74) is 9.03. The van der Waals surface area contributed by atoms with Gasteiger partial charge >= 0.3 is 234 Å². The van der Waals surface area contributed by atoms with E-state index < -0.39 is 13.3 Å². The number of furan rings is 2. The number of aromatic nitrogens is 2. The molecule has 4 aromatic heterocycles. The van der Waals surface area contributed by atoms with E-state index in [4.69, 9.17) is 8.83 Å². The quantitative estimate of drug-likeness (QED) is 0.198. The Bertz CT molecular complexity index is 1640. The van der Waals surface area contributed by atoms with Gasteiger partial charge in [-0.3, -0.25) is 0 Å². The van der Waals surface area contributed by atoms with Gasteiger partial charge in [0.15, 0.2) is 0 Å². The summed E-state index contributed by atoms with van der Waals surface area (Å²) in [6.45, 7) is 13.4. The predicted molar refractivity (Wildman–Crippen MR) is 165 cm³/mol. The molecule has 0 saturated carbocycles. The number of rotatable bonds is 4. The van der Waals surface area contributed by atoms with Crippen molar-refractivity contribution in [2.45, 2.75) is 63.9 Å². The van der Waals surface area contributed by atoms with Crippen LogP contribution in [0.3, 0.4) is 0 Å². The molecular formula is C34H38GeN2O2. The normalized spacial score (nSPS) is 13.1. The Balaban J connectivity index is 1.31. The van der Waals surface area contributed by atoms with Gasteiger partial charge in [0, 0.05) is 0 Å². The Kier molecular flexibility index (Phi) is 5.85. The molecule has 0 fully saturated rings. The summed E-state index contributed by atoms with van der Waals surface area (Å²) >= 11 is -2.50. The Morgan fingerprint density at radius 2 is 0.897 bits per heavy atom. The fourth-order valence-electron chi connectivity index (χ4n) is 5.64.